The number of carbonyl (C=O) groups excluding carboxylic acids is 1. The van der Waals surface area contributed by atoms with Crippen molar-refractivity contribution >= 4 is 16.7 Å². The van der Waals surface area contributed by atoms with Gasteiger partial charge in [0.15, 0.2) is 0 Å². The molecule has 0 bridgehead atoms. The molecule has 1 heterocycles. The van der Waals surface area contributed by atoms with Crippen molar-refractivity contribution in [2.24, 2.45) is 0 Å². The summed E-state index contributed by atoms with van der Waals surface area (Å²) in [6.45, 7) is 4.64. The first kappa shape index (κ1) is 18.4. The van der Waals surface area contributed by atoms with E-state index >= 15 is 0 Å². The van der Waals surface area contributed by atoms with E-state index in [1.54, 1.807) is 14.0 Å². The highest BCUT2D eigenvalue weighted by atomic mass is 32.2. The number of hydrogen-bond donors (Lipinski definition) is 1. The van der Waals surface area contributed by atoms with Crippen LogP contribution in [0.5, 0.6) is 0 Å². The molecule has 6 nitrogen and oxygen atoms in total. The van der Waals surface area contributed by atoms with Crippen molar-refractivity contribution in [3.05, 3.63) is 41.3 Å². The third-order valence-electron chi connectivity index (χ3n) is 3.41. The molecule has 2 aromatic rings. The van der Waals surface area contributed by atoms with E-state index in [9.17, 15) is 9.00 Å². The molecule has 1 N–H and O–H groups in total. The molecule has 1 aromatic carbocycles. The van der Waals surface area contributed by atoms with E-state index in [1.807, 2.05) is 31.2 Å². The van der Waals surface area contributed by atoms with Gasteiger partial charge in [0, 0.05) is 30.0 Å². The fourth-order valence-corrected chi connectivity index (χ4v) is 3.14. The van der Waals surface area contributed by atoms with Crippen LogP contribution in [0, 0.1) is 13.8 Å². The normalized spacial score (nSPS) is 12.1. The van der Waals surface area contributed by atoms with Crippen LogP contribution in [0.3, 0.4) is 0 Å². The lowest BCUT2D eigenvalue weighted by atomic mass is 10.1. The number of oxazole rings is 1. The maximum absolute atomic E-state index is 12.1. The second-order valence-corrected chi connectivity index (χ2v) is 6.92. The summed E-state index contributed by atoms with van der Waals surface area (Å²) in [5.41, 5.74) is 2.65. The molecule has 1 amide bonds. The van der Waals surface area contributed by atoms with E-state index in [4.69, 9.17) is 9.15 Å². The maximum Gasteiger partial charge on any atom is 0.232 e. The summed E-state index contributed by atoms with van der Waals surface area (Å²) in [5, 5.41) is 2.65. The zero-order chi connectivity index (χ0) is 17.5. The Bertz CT molecular complexity index is 710. The second kappa shape index (κ2) is 8.75. The molecule has 0 aliphatic rings. The van der Waals surface area contributed by atoms with Gasteiger partial charge in [0.05, 0.1) is 18.1 Å². The molecule has 0 saturated heterocycles. The third kappa shape index (κ3) is 5.28. The van der Waals surface area contributed by atoms with Gasteiger partial charge in [-0.2, -0.15) is 0 Å². The number of ether oxygens (including phenoxy) is 1. The second-order valence-electron chi connectivity index (χ2n) is 5.46. The summed E-state index contributed by atoms with van der Waals surface area (Å²) < 4.78 is 22.6. The number of aryl methyl sites for hydroxylation is 2. The standard InChI is InChI=1S/C17H22N2O4S/c1-12-4-6-14(7-5-12)17-19-15(13(2)23-17)10-24(21)11-16(20)18-8-9-22-3/h4-7H,8-11H2,1-3H3,(H,18,20)/t24-/m0/s1. The van der Waals surface area contributed by atoms with Crippen molar-refractivity contribution in [3.63, 3.8) is 0 Å². The van der Waals surface area contributed by atoms with Crippen LogP contribution >= 0.6 is 0 Å². The lowest BCUT2D eigenvalue weighted by molar-refractivity contribution is -0.118. The molecule has 130 valence electrons. The van der Waals surface area contributed by atoms with Crippen molar-refractivity contribution in [2.75, 3.05) is 26.0 Å². The van der Waals surface area contributed by atoms with E-state index in [-0.39, 0.29) is 17.4 Å². The highest BCUT2D eigenvalue weighted by Gasteiger charge is 2.15. The molecular weight excluding hydrogens is 328 g/mol. The zero-order valence-electron chi connectivity index (χ0n) is 14.1. The van der Waals surface area contributed by atoms with Crippen LogP contribution in [0.15, 0.2) is 28.7 Å². The average molecular weight is 350 g/mol. The molecular formula is C17H22N2O4S. The number of methoxy groups -OCH3 is 1. The zero-order valence-corrected chi connectivity index (χ0v) is 14.9. The Hall–Kier alpha value is -1.99. The van der Waals surface area contributed by atoms with Gasteiger partial charge in [-0.15, -0.1) is 0 Å². The minimum atomic E-state index is -1.34. The van der Waals surface area contributed by atoms with Crippen LogP contribution < -0.4 is 5.32 Å². The van der Waals surface area contributed by atoms with Crippen molar-refractivity contribution in [3.8, 4) is 11.5 Å². The molecule has 0 saturated carbocycles. The SMILES string of the molecule is COCCNC(=O)C[S@@](=O)Cc1nc(-c2ccc(C)cc2)oc1C. The van der Waals surface area contributed by atoms with E-state index in [2.05, 4.69) is 10.3 Å². The van der Waals surface area contributed by atoms with Crippen LogP contribution in [0.25, 0.3) is 11.5 Å². The van der Waals surface area contributed by atoms with Gasteiger partial charge in [0.1, 0.15) is 11.5 Å². The van der Waals surface area contributed by atoms with Gasteiger partial charge in [-0.1, -0.05) is 17.7 Å². The predicted octanol–water partition coefficient (Wildman–Crippen LogP) is 1.97. The number of aromatic nitrogens is 1. The van der Waals surface area contributed by atoms with E-state index < -0.39 is 10.8 Å². The summed E-state index contributed by atoms with van der Waals surface area (Å²) in [7, 11) is 0.220. The molecule has 0 unspecified atom stereocenters. The Labute approximate surface area is 144 Å². The van der Waals surface area contributed by atoms with Gasteiger partial charge in [0.25, 0.3) is 0 Å². The number of benzene rings is 1. The first-order chi connectivity index (χ1) is 11.5. The third-order valence-corrected chi connectivity index (χ3v) is 4.59. The summed E-state index contributed by atoms with van der Waals surface area (Å²) in [6, 6.07) is 7.84. The topological polar surface area (TPSA) is 81.4 Å². The van der Waals surface area contributed by atoms with E-state index in [1.165, 1.54) is 0 Å². The van der Waals surface area contributed by atoms with Crippen molar-refractivity contribution in [1.29, 1.82) is 0 Å². The summed E-state index contributed by atoms with van der Waals surface area (Å²) in [6.07, 6.45) is 0. The largest absolute Gasteiger partial charge is 0.441 e. The first-order valence-corrected chi connectivity index (χ1v) is 9.12. The Morgan fingerprint density at radius 2 is 2.00 bits per heavy atom. The van der Waals surface area contributed by atoms with Crippen LogP contribution in [-0.2, 0) is 26.1 Å². The molecule has 0 fully saturated rings. The fraction of sp³-hybridized carbons (Fsp3) is 0.412. The van der Waals surface area contributed by atoms with Crippen LogP contribution in [0.4, 0.5) is 0 Å². The smallest absolute Gasteiger partial charge is 0.232 e. The highest BCUT2D eigenvalue weighted by Crippen LogP contribution is 2.22. The lowest BCUT2D eigenvalue weighted by Crippen LogP contribution is -2.31. The Balaban J connectivity index is 1.96. The van der Waals surface area contributed by atoms with E-state index in [0.717, 1.165) is 11.1 Å². The monoisotopic (exact) mass is 350 g/mol. The van der Waals surface area contributed by atoms with Crippen molar-refractivity contribution in [2.45, 2.75) is 19.6 Å². The molecule has 24 heavy (non-hydrogen) atoms. The summed E-state index contributed by atoms with van der Waals surface area (Å²) >= 11 is 0. The van der Waals surface area contributed by atoms with Crippen LogP contribution in [0.2, 0.25) is 0 Å². The van der Waals surface area contributed by atoms with E-state index in [0.29, 0.717) is 30.5 Å². The lowest BCUT2D eigenvalue weighted by Gasteiger charge is -2.03. The predicted molar refractivity (Wildman–Crippen MR) is 93.0 cm³/mol. The summed E-state index contributed by atoms with van der Waals surface area (Å²) in [5.74, 6) is 1.00. The average Bonchev–Trinajstić information content (AvgIpc) is 2.89. The molecule has 0 aliphatic heterocycles. The van der Waals surface area contributed by atoms with Crippen LogP contribution in [0.1, 0.15) is 17.0 Å². The number of nitrogens with zero attached hydrogens (tertiary/aromatic N) is 1. The molecule has 1 atom stereocenters. The Morgan fingerprint density at radius 3 is 2.67 bits per heavy atom. The van der Waals surface area contributed by atoms with Gasteiger partial charge < -0.3 is 14.5 Å². The number of amides is 1. The molecule has 0 radical (unpaired) electrons. The Morgan fingerprint density at radius 1 is 1.29 bits per heavy atom. The first-order valence-electron chi connectivity index (χ1n) is 7.63. The summed E-state index contributed by atoms with van der Waals surface area (Å²) in [4.78, 5) is 16.1. The number of hydrogen-bond acceptors (Lipinski definition) is 5. The molecule has 2 rings (SSSR count). The molecule has 0 aliphatic carbocycles. The van der Waals surface area contributed by atoms with Crippen molar-refractivity contribution in [1.82, 2.24) is 10.3 Å². The van der Waals surface area contributed by atoms with Crippen molar-refractivity contribution < 1.29 is 18.2 Å². The quantitative estimate of drug-likeness (QED) is 0.736. The molecule has 1 aromatic heterocycles. The number of nitrogens with one attached hydrogen (secondary N) is 1. The minimum Gasteiger partial charge on any atom is -0.441 e. The fourth-order valence-electron chi connectivity index (χ4n) is 2.07. The molecule has 7 heteroatoms. The number of carbonyl (C=O) groups is 1. The van der Waals surface area contributed by atoms with Gasteiger partial charge in [-0.3, -0.25) is 9.00 Å². The number of rotatable bonds is 8. The minimum absolute atomic E-state index is 0.0596. The van der Waals surface area contributed by atoms with Gasteiger partial charge >= 0.3 is 0 Å². The van der Waals surface area contributed by atoms with Crippen LogP contribution in [-0.4, -0.2) is 41.1 Å². The molecule has 0 spiro atoms. The highest BCUT2D eigenvalue weighted by molar-refractivity contribution is 7.84. The van der Waals surface area contributed by atoms with Gasteiger partial charge in [-0.25, -0.2) is 4.98 Å². The van der Waals surface area contributed by atoms with Gasteiger partial charge in [0.2, 0.25) is 11.8 Å². The van der Waals surface area contributed by atoms with Gasteiger partial charge in [-0.05, 0) is 26.0 Å². The Kier molecular flexibility index (Phi) is 6.69. The maximum atomic E-state index is 12.1.